The number of rotatable bonds is 14. The van der Waals surface area contributed by atoms with E-state index in [2.05, 4.69) is 5.32 Å². The molecule has 0 heterocycles. The Morgan fingerprint density at radius 3 is 2.13 bits per heavy atom. The SMILES string of the molecule is CNC(=O)[C@@H](Cc1ccccc1)N(Cc1ccccc1F)C(=O)CN(c1cc(Cl)ccc1OC)S(=O)(=O)c1ccc(OC)c(OC)c1. The minimum Gasteiger partial charge on any atom is -0.495 e. The van der Waals surface area contributed by atoms with Crippen LogP contribution in [0.3, 0.4) is 0 Å². The van der Waals surface area contributed by atoms with Crippen LogP contribution in [-0.4, -0.2) is 66.1 Å². The number of hydrogen-bond acceptors (Lipinski definition) is 7. The number of benzene rings is 4. The van der Waals surface area contributed by atoms with Crippen LogP contribution >= 0.6 is 11.6 Å². The van der Waals surface area contributed by atoms with Gasteiger partial charge in [0.05, 0.1) is 31.9 Å². The number of carbonyl (C=O) groups is 2. The largest absolute Gasteiger partial charge is 0.495 e. The lowest BCUT2D eigenvalue weighted by atomic mass is 10.0. The molecule has 4 rings (SSSR count). The second-order valence-electron chi connectivity index (χ2n) is 10.3. The number of ether oxygens (including phenoxy) is 3. The summed E-state index contributed by atoms with van der Waals surface area (Å²) in [5.41, 5.74) is 0.838. The van der Waals surface area contributed by atoms with Crippen LogP contribution in [0.15, 0.2) is 95.9 Å². The average Bonchev–Trinajstić information content (AvgIpc) is 3.08. The second kappa shape index (κ2) is 15.7. The summed E-state index contributed by atoms with van der Waals surface area (Å²) in [6, 6.07) is 22.1. The highest BCUT2D eigenvalue weighted by molar-refractivity contribution is 7.92. The first-order chi connectivity index (χ1) is 22.5. The third-order valence-corrected chi connectivity index (χ3v) is 9.44. The van der Waals surface area contributed by atoms with Gasteiger partial charge in [0.15, 0.2) is 11.5 Å². The topological polar surface area (TPSA) is 114 Å². The number of carbonyl (C=O) groups excluding carboxylic acids is 2. The lowest BCUT2D eigenvalue weighted by Crippen LogP contribution is -2.53. The molecule has 13 heteroatoms. The number of nitrogens with zero attached hydrogens (tertiary/aromatic N) is 2. The maximum Gasteiger partial charge on any atom is 0.265 e. The van der Waals surface area contributed by atoms with E-state index in [-0.39, 0.29) is 45.6 Å². The number of hydrogen-bond donors (Lipinski definition) is 1. The molecule has 4 aromatic rings. The smallest absolute Gasteiger partial charge is 0.265 e. The van der Waals surface area contributed by atoms with E-state index >= 15 is 4.39 Å². The van der Waals surface area contributed by atoms with Crippen molar-refractivity contribution in [1.82, 2.24) is 10.2 Å². The van der Waals surface area contributed by atoms with E-state index in [9.17, 15) is 18.0 Å². The third kappa shape index (κ3) is 8.13. The summed E-state index contributed by atoms with van der Waals surface area (Å²) >= 11 is 6.32. The molecule has 1 N–H and O–H groups in total. The van der Waals surface area contributed by atoms with Gasteiger partial charge in [0.2, 0.25) is 11.8 Å². The fourth-order valence-corrected chi connectivity index (χ4v) is 6.61. The Morgan fingerprint density at radius 1 is 0.851 bits per heavy atom. The van der Waals surface area contributed by atoms with Crippen molar-refractivity contribution < 1.29 is 36.6 Å². The fraction of sp³-hybridized carbons (Fsp3) is 0.235. The zero-order valence-electron chi connectivity index (χ0n) is 26.3. The first-order valence-electron chi connectivity index (χ1n) is 14.4. The minimum atomic E-state index is -4.54. The van der Waals surface area contributed by atoms with Gasteiger partial charge in [-0.1, -0.05) is 60.1 Å². The highest BCUT2D eigenvalue weighted by atomic mass is 35.5. The van der Waals surface area contributed by atoms with Crippen molar-refractivity contribution in [3.05, 3.63) is 113 Å². The van der Waals surface area contributed by atoms with Gasteiger partial charge < -0.3 is 24.4 Å². The van der Waals surface area contributed by atoms with E-state index in [1.165, 1.54) is 87.9 Å². The maximum absolute atomic E-state index is 15.0. The van der Waals surface area contributed by atoms with E-state index < -0.39 is 40.2 Å². The van der Waals surface area contributed by atoms with Crippen LogP contribution in [-0.2, 0) is 32.6 Å². The van der Waals surface area contributed by atoms with Gasteiger partial charge in [0, 0.05) is 36.7 Å². The maximum atomic E-state index is 15.0. The highest BCUT2D eigenvalue weighted by Crippen LogP contribution is 2.37. The lowest BCUT2D eigenvalue weighted by Gasteiger charge is -2.34. The normalized spacial score (nSPS) is 11.7. The van der Waals surface area contributed by atoms with Crippen molar-refractivity contribution >= 4 is 39.1 Å². The van der Waals surface area contributed by atoms with Crippen LogP contribution < -0.4 is 23.8 Å². The summed E-state index contributed by atoms with van der Waals surface area (Å²) in [7, 11) is 1.01. The van der Waals surface area contributed by atoms with Crippen molar-refractivity contribution in [2.75, 3.05) is 39.2 Å². The average molecular weight is 684 g/mol. The number of halogens is 2. The van der Waals surface area contributed by atoms with Crippen LogP contribution in [0.4, 0.5) is 10.1 Å². The van der Waals surface area contributed by atoms with Crippen molar-refractivity contribution in [2.24, 2.45) is 0 Å². The summed E-state index contributed by atoms with van der Waals surface area (Å²) in [6.45, 7) is -1.13. The monoisotopic (exact) mass is 683 g/mol. The molecular formula is C34H35ClFN3O7S. The fourth-order valence-electron chi connectivity index (χ4n) is 5.01. The van der Waals surface area contributed by atoms with E-state index in [0.29, 0.717) is 5.75 Å². The zero-order valence-corrected chi connectivity index (χ0v) is 27.8. The number of nitrogens with one attached hydrogen (secondary N) is 1. The van der Waals surface area contributed by atoms with Crippen LogP contribution in [0.25, 0.3) is 0 Å². The molecule has 0 unspecified atom stereocenters. The predicted octanol–water partition coefficient (Wildman–Crippen LogP) is 5.09. The van der Waals surface area contributed by atoms with Crippen LogP contribution in [0, 0.1) is 5.82 Å². The first kappa shape index (κ1) is 35.1. The molecule has 0 fully saturated rings. The number of amides is 2. The summed E-state index contributed by atoms with van der Waals surface area (Å²) in [4.78, 5) is 28.8. The summed E-state index contributed by atoms with van der Waals surface area (Å²) in [5, 5.41) is 2.77. The number of sulfonamides is 1. The molecule has 47 heavy (non-hydrogen) atoms. The Hall–Kier alpha value is -4.81. The second-order valence-corrected chi connectivity index (χ2v) is 12.6. The van der Waals surface area contributed by atoms with Crippen molar-refractivity contribution in [1.29, 1.82) is 0 Å². The molecule has 0 aliphatic heterocycles. The molecule has 4 aromatic carbocycles. The molecule has 248 valence electrons. The van der Waals surface area contributed by atoms with Crippen LogP contribution in [0.5, 0.6) is 17.2 Å². The Bertz CT molecular complexity index is 1830. The molecule has 1 atom stereocenters. The molecule has 10 nitrogen and oxygen atoms in total. The van der Waals surface area contributed by atoms with Gasteiger partial charge in [0.25, 0.3) is 10.0 Å². The van der Waals surface area contributed by atoms with Crippen LogP contribution in [0.2, 0.25) is 5.02 Å². The predicted molar refractivity (Wildman–Crippen MR) is 177 cm³/mol. The van der Waals surface area contributed by atoms with Crippen molar-refractivity contribution in [3.63, 3.8) is 0 Å². The molecule has 2 amide bonds. The molecule has 0 saturated carbocycles. The van der Waals surface area contributed by atoms with Crippen molar-refractivity contribution in [3.8, 4) is 17.2 Å². The third-order valence-electron chi connectivity index (χ3n) is 7.45. The van der Waals surface area contributed by atoms with Gasteiger partial charge in [-0.2, -0.15) is 0 Å². The molecule has 0 aliphatic rings. The molecule has 0 spiro atoms. The Labute approximate surface area is 278 Å². The van der Waals surface area contributed by atoms with E-state index in [4.69, 9.17) is 25.8 Å². The molecule has 0 radical (unpaired) electrons. The van der Waals surface area contributed by atoms with Gasteiger partial charge in [-0.05, 0) is 42.0 Å². The van der Waals surface area contributed by atoms with E-state index in [1.807, 2.05) is 6.07 Å². The van der Waals surface area contributed by atoms with Crippen molar-refractivity contribution in [2.45, 2.75) is 23.9 Å². The summed E-state index contributed by atoms with van der Waals surface area (Å²) < 4.78 is 60.8. The zero-order chi connectivity index (χ0) is 34.1. The van der Waals surface area contributed by atoms with E-state index in [1.54, 1.807) is 30.3 Å². The number of likely N-dealkylation sites (N-methyl/N-ethyl adjacent to an activating group) is 1. The molecular weight excluding hydrogens is 649 g/mol. The lowest BCUT2D eigenvalue weighted by molar-refractivity contribution is -0.139. The standard InChI is InChI=1S/C34H35ClFN3O7S/c1-37-34(41)29(18-23-10-6-5-7-11-23)38(21-24-12-8-9-13-27(24)36)33(40)22-39(28-19-25(35)14-16-30(28)44-2)47(42,43)26-15-17-31(45-3)32(20-26)46-4/h5-17,19-20,29H,18,21-22H2,1-4H3,(H,37,41)/t29-/m1/s1. The summed E-state index contributed by atoms with van der Waals surface area (Å²) in [5.74, 6) is -1.36. The minimum absolute atomic E-state index is 0.0338. The van der Waals surface area contributed by atoms with Crippen LogP contribution in [0.1, 0.15) is 11.1 Å². The quantitative estimate of drug-likeness (QED) is 0.197. The Kier molecular flexibility index (Phi) is 11.7. The molecule has 0 bridgehead atoms. The summed E-state index contributed by atoms with van der Waals surface area (Å²) in [6.07, 6.45) is 0.0730. The van der Waals surface area contributed by atoms with Gasteiger partial charge in [-0.3, -0.25) is 13.9 Å². The molecule has 0 aromatic heterocycles. The highest BCUT2D eigenvalue weighted by Gasteiger charge is 2.36. The Balaban J connectivity index is 1.87. The molecule has 0 saturated heterocycles. The number of methoxy groups -OCH3 is 3. The van der Waals surface area contributed by atoms with E-state index in [0.717, 1.165) is 9.87 Å². The Morgan fingerprint density at radius 2 is 1.49 bits per heavy atom. The van der Waals surface area contributed by atoms with Gasteiger partial charge in [-0.15, -0.1) is 0 Å². The molecule has 0 aliphatic carbocycles. The van der Waals surface area contributed by atoms with Gasteiger partial charge >= 0.3 is 0 Å². The van der Waals surface area contributed by atoms with Gasteiger partial charge in [0.1, 0.15) is 24.2 Å². The van der Waals surface area contributed by atoms with Gasteiger partial charge in [-0.25, -0.2) is 12.8 Å². The number of anilines is 1. The first-order valence-corrected chi connectivity index (χ1v) is 16.2.